The molecule has 1 amide bonds. The maximum Gasteiger partial charge on any atom is 0.269 e. The highest BCUT2D eigenvalue weighted by molar-refractivity contribution is 7.21. The molecule has 0 bridgehead atoms. The van der Waals surface area contributed by atoms with Crippen LogP contribution in [0.5, 0.6) is 0 Å². The van der Waals surface area contributed by atoms with Gasteiger partial charge in [0.1, 0.15) is 9.71 Å². The Bertz CT molecular complexity index is 944. The number of carbonyl (C=O) groups excluding carboxylic acids is 1. The highest BCUT2D eigenvalue weighted by Gasteiger charge is 2.22. The summed E-state index contributed by atoms with van der Waals surface area (Å²) in [6.07, 6.45) is 3.21. The summed E-state index contributed by atoms with van der Waals surface area (Å²) in [4.78, 5) is 22.9. The van der Waals surface area contributed by atoms with Crippen molar-refractivity contribution in [1.82, 2.24) is 9.97 Å². The van der Waals surface area contributed by atoms with E-state index in [-0.39, 0.29) is 5.91 Å². The summed E-state index contributed by atoms with van der Waals surface area (Å²) in [5.41, 5.74) is 10.1. The first-order chi connectivity index (χ1) is 11.5. The molecule has 7 heteroatoms. The van der Waals surface area contributed by atoms with Crippen LogP contribution in [-0.4, -0.2) is 15.9 Å². The predicted octanol–water partition coefficient (Wildman–Crippen LogP) is 4.02. The molecule has 1 unspecified atom stereocenters. The van der Waals surface area contributed by atoms with Crippen LogP contribution in [0.3, 0.4) is 0 Å². The summed E-state index contributed by atoms with van der Waals surface area (Å²) in [5.74, 6) is 0.462. The van der Waals surface area contributed by atoms with Gasteiger partial charge in [0.15, 0.2) is 5.13 Å². The third kappa shape index (κ3) is 2.67. The molecular weight excluding hydrogens is 340 g/mol. The smallest absolute Gasteiger partial charge is 0.269 e. The van der Waals surface area contributed by atoms with Crippen molar-refractivity contribution in [3.63, 3.8) is 0 Å². The third-order valence-electron chi connectivity index (χ3n) is 4.38. The summed E-state index contributed by atoms with van der Waals surface area (Å²) in [7, 11) is 0. The van der Waals surface area contributed by atoms with Crippen molar-refractivity contribution in [2.45, 2.75) is 33.1 Å². The first-order valence-corrected chi connectivity index (χ1v) is 9.65. The molecule has 0 saturated carbocycles. The van der Waals surface area contributed by atoms with Gasteiger partial charge in [0.2, 0.25) is 0 Å². The number of anilines is 2. The van der Waals surface area contributed by atoms with Gasteiger partial charge in [-0.05, 0) is 43.7 Å². The van der Waals surface area contributed by atoms with Crippen LogP contribution < -0.4 is 11.1 Å². The number of pyridine rings is 1. The van der Waals surface area contributed by atoms with E-state index in [0.717, 1.165) is 34.4 Å². The molecule has 4 rings (SSSR count). The standard InChI is InChI=1S/C17H18N4OS2/c1-8-3-4-12-10(5-8)6-11-13(18)14(24-16(11)20-12)15(22)21-17-19-9(2)7-23-17/h6-8H,3-5,18H2,1-2H3,(H,19,21,22). The van der Waals surface area contributed by atoms with E-state index < -0.39 is 0 Å². The number of aromatic nitrogens is 2. The van der Waals surface area contributed by atoms with E-state index in [1.807, 2.05) is 12.3 Å². The quantitative estimate of drug-likeness (QED) is 0.725. The van der Waals surface area contributed by atoms with Gasteiger partial charge in [0.05, 0.1) is 11.4 Å². The molecule has 24 heavy (non-hydrogen) atoms. The van der Waals surface area contributed by atoms with E-state index in [2.05, 4.69) is 23.3 Å². The first-order valence-electron chi connectivity index (χ1n) is 7.95. The number of amides is 1. The highest BCUT2D eigenvalue weighted by Crippen LogP contribution is 2.36. The lowest BCUT2D eigenvalue weighted by molar-refractivity contribution is 0.103. The number of carbonyl (C=O) groups is 1. The zero-order valence-corrected chi connectivity index (χ0v) is 15.2. The van der Waals surface area contributed by atoms with Crippen LogP contribution in [0.4, 0.5) is 10.8 Å². The minimum absolute atomic E-state index is 0.212. The summed E-state index contributed by atoms with van der Waals surface area (Å²) in [6, 6.07) is 2.13. The van der Waals surface area contributed by atoms with Crippen LogP contribution in [0.1, 0.15) is 40.0 Å². The Balaban J connectivity index is 1.71. The Hall–Kier alpha value is -1.99. The van der Waals surface area contributed by atoms with Crippen LogP contribution in [0, 0.1) is 12.8 Å². The van der Waals surface area contributed by atoms with Gasteiger partial charge in [-0.15, -0.1) is 22.7 Å². The molecule has 0 radical (unpaired) electrons. The number of aryl methyl sites for hydroxylation is 2. The maximum atomic E-state index is 12.5. The molecule has 0 saturated heterocycles. The van der Waals surface area contributed by atoms with E-state index in [1.165, 1.54) is 34.7 Å². The van der Waals surface area contributed by atoms with Gasteiger partial charge < -0.3 is 5.73 Å². The summed E-state index contributed by atoms with van der Waals surface area (Å²) >= 11 is 2.77. The fourth-order valence-corrected chi connectivity index (χ4v) is 4.78. The molecule has 3 heterocycles. The molecule has 0 spiro atoms. The van der Waals surface area contributed by atoms with Crippen molar-refractivity contribution in [2.24, 2.45) is 5.92 Å². The van der Waals surface area contributed by atoms with Gasteiger partial charge in [-0.1, -0.05) is 6.92 Å². The lowest BCUT2D eigenvalue weighted by Gasteiger charge is -2.20. The monoisotopic (exact) mass is 358 g/mol. The Labute approximate surface area is 147 Å². The SMILES string of the molecule is Cc1csc(NC(=O)c2sc3nc4c(cc3c2N)CC(C)CC4)n1. The van der Waals surface area contributed by atoms with E-state index >= 15 is 0 Å². The van der Waals surface area contributed by atoms with Crippen molar-refractivity contribution in [1.29, 1.82) is 0 Å². The summed E-state index contributed by atoms with van der Waals surface area (Å²) in [5, 5.41) is 6.22. The fraction of sp³-hybridized carbons (Fsp3) is 0.353. The highest BCUT2D eigenvalue weighted by atomic mass is 32.1. The molecule has 1 atom stereocenters. The zero-order valence-electron chi connectivity index (χ0n) is 13.5. The van der Waals surface area contributed by atoms with Gasteiger partial charge in [0, 0.05) is 16.5 Å². The lowest BCUT2D eigenvalue weighted by Crippen LogP contribution is -2.12. The molecule has 3 aromatic heterocycles. The number of hydrogen-bond donors (Lipinski definition) is 2. The number of nitrogens with two attached hydrogens (primary N) is 1. The lowest BCUT2D eigenvalue weighted by atomic mass is 9.87. The van der Waals surface area contributed by atoms with Gasteiger partial charge in [-0.2, -0.15) is 0 Å². The molecule has 0 fully saturated rings. The second-order valence-electron chi connectivity index (χ2n) is 6.39. The average Bonchev–Trinajstić information content (AvgIpc) is 3.09. The van der Waals surface area contributed by atoms with E-state index in [1.54, 1.807) is 0 Å². The fourth-order valence-electron chi connectivity index (χ4n) is 3.11. The summed E-state index contributed by atoms with van der Waals surface area (Å²) in [6.45, 7) is 4.16. The molecule has 124 valence electrons. The zero-order chi connectivity index (χ0) is 16.8. The van der Waals surface area contributed by atoms with Crippen molar-refractivity contribution in [2.75, 3.05) is 11.1 Å². The van der Waals surface area contributed by atoms with Crippen molar-refractivity contribution in [3.8, 4) is 0 Å². The predicted molar refractivity (Wildman–Crippen MR) is 100 cm³/mol. The molecule has 3 aromatic rings. The van der Waals surface area contributed by atoms with Crippen molar-refractivity contribution in [3.05, 3.63) is 33.3 Å². The molecule has 0 aromatic carbocycles. The largest absolute Gasteiger partial charge is 0.397 e. The van der Waals surface area contributed by atoms with Gasteiger partial charge in [0.25, 0.3) is 5.91 Å². The molecule has 3 N–H and O–H groups in total. The minimum atomic E-state index is -0.212. The minimum Gasteiger partial charge on any atom is -0.397 e. The number of rotatable bonds is 2. The number of nitrogen functional groups attached to an aromatic ring is 1. The van der Waals surface area contributed by atoms with E-state index in [9.17, 15) is 4.79 Å². The molecule has 0 aliphatic heterocycles. The van der Waals surface area contributed by atoms with Gasteiger partial charge in [-0.25, -0.2) is 9.97 Å². The van der Waals surface area contributed by atoms with Crippen LogP contribution in [0.15, 0.2) is 11.4 Å². The molecule has 1 aliphatic rings. The summed E-state index contributed by atoms with van der Waals surface area (Å²) < 4.78 is 0. The van der Waals surface area contributed by atoms with Gasteiger partial charge >= 0.3 is 0 Å². The normalized spacial score (nSPS) is 17.0. The Morgan fingerprint density at radius 2 is 2.25 bits per heavy atom. The van der Waals surface area contributed by atoms with E-state index in [0.29, 0.717) is 21.6 Å². The van der Waals surface area contributed by atoms with Crippen LogP contribution in [0.25, 0.3) is 10.2 Å². The number of thiazole rings is 1. The number of hydrogen-bond acceptors (Lipinski definition) is 6. The van der Waals surface area contributed by atoms with Crippen LogP contribution >= 0.6 is 22.7 Å². The van der Waals surface area contributed by atoms with Crippen molar-refractivity contribution < 1.29 is 4.79 Å². The van der Waals surface area contributed by atoms with E-state index in [4.69, 9.17) is 10.7 Å². The maximum absolute atomic E-state index is 12.5. The average molecular weight is 358 g/mol. The number of thiophene rings is 1. The van der Waals surface area contributed by atoms with Crippen LogP contribution in [-0.2, 0) is 12.8 Å². The second-order valence-corrected chi connectivity index (χ2v) is 8.25. The Kier molecular flexibility index (Phi) is 3.77. The molecule has 1 aliphatic carbocycles. The number of nitrogens with zero attached hydrogens (tertiary/aromatic N) is 2. The Morgan fingerprint density at radius 3 is 3.00 bits per heavy atom. The molecule has 5 nitrogen and oxygen atoms in total. The third-order valence-corrected chi connectivity index (χ3v) is 6.37. The molecular formula is C17H18N4OS2. The van der Waals surface area contributed by atoms with Crippen LogP contribution in [0.2, 0.25) is 0 Å². The van der Waals surface area contributed by atoms with Crippen molar-refractivity contribution >= 4 is 49.6 Å². The number of nitrogens with one attached hydrogen (secondary N) is 1. The Morgan fingerprint density at radius 1 is 1.42 bits per heavy atom. The second kappa shape index (κ2) is 5.82. The number of fused-ring (bicyclic) bond motifs is 2. The van der Waals surface area contributed by atoms with Gasteiger partial charge in [-0.3, -0.25) is 10.1 Å². The first kappa shape index (κ1) is 15.5. The topological polar surface area (TPSA) is 80.9 Å².